The monoisotopic (exact) mass is 273 g/mol. The van der Waals surface area contributed by atoms with Gasteiger partial charge in [-0.1, -0.05) is 0 Å². The Morgan fingerprint density at radius 2 is 2.06 bits per heavy atom. The maximum atomic E-state index is 11.9. The second-order valence-electron chi connectivity index (χ2n) is 4.68. The molecule has 1 N–H and O–H groups in total. The van der Waals surface area contributed by atoms with E-state index in [-0.39, 0.29) is 30.0 Å². The molecule has 1 aliphatic rings. The summed E-state index contributed by atoms with van der Waals surface area (Å²) in [6, 6.07) is -0.170. The van der Waals surface area contributed by atoms with E-state index in [1.54, 1.807) is 6.92 Å². The predicted molar refractivity (Wildman–Crippen MR) is 59.6 cm³/mol. The quantitative estimate of drug-likeness (QED) is 0.832. The summed E-state index contributed by atoms with van der Waals surface area (Å²) in [5.41, 5.74) is 0. The molecule has 1 rings (SSSR count). The summed E-state index contributed by atoms with van der Waals surface area (Å²) in [5, 5.41) is 3.07. The van der Waals surface area contributed by atoms with Gasteiger partial charge in [-0.2, -0.15) is 13.2 Å². The molecule has 3 nitrogen and oxygen atoms in total. The van der Waals surface area contributed by atoms with Crippen molar-refractivity contribution < 1.29 is 21.6 Å². The second-order valence-corrected chi connectivity index (χ2v) is 6.90. The molecular weight excluding hydrogens is 255 g/mol. The van der Waals surface area contributed by atoms with Crippen molar-refractivity contribution in [3.8, 4) is 0 Å². The van der Waals surface area contributed by atoms with Crippen LogP contribution in [-0.4, -0.2) is 38.2 Å². The van der Waals surface area contributed by atoms with Crippen LogP contribution in [0.4, 0.5) is 13.2 Å². The van der Waals surface area contributed by atoms with E-state index in [9.17, 15) is 21.6 Å². The Balaban J connectivity index is 2.20. The highest BCUT2D eigenvalue weighted by molar-refractivity contribution is 7.91. The van der Waals surface area contributed by atoms with Gasteiger partial charge in [0, 0.05) is 18.5 Å². The predicted octanol–water partition coefficient (Wildman–Crippen LogP) is 1.88. The lowest BCUT2D eigenvalue weighted by atomic mass is 10.1. The molecule has 0 saturated carbocycles. The van der Waals surface area contributed by atoms with Gasteiger partial charge in [0.25, 0.3) is 0 Å². The first-order valence-corrected chi connectivity index (χ1v) is 7.53. The first-order valence-electron chi connectivity index (χ1n) is 5.71. The minimum atomic E-state index is -4.10. The molecule has 1 aliphatic heterocycles. The fraction of sp³-hybridized carbons (Fsp3) is 1.00. The topological polar surface area (TPSA) is 46.2 Å². The molecule has 0 bridgehead atoms. The average Bonchev–Trinajstić information content (AvgIpc) is 2.42. The molecular formula is C10H18F3NO2S. The number of sulfone groups is 1. The lowest BCUT2D eigenvalue weighted by molar-refractivity contribution is -0.135. The summed E-state index contributed by atoms with van der Waals surface area (Å²) in [4.78, 5) is 0. The van der Waals surface area contributed by atoms with Crippen molar-refractivity contribution in [2.75, 3.05) is 11.5 Å². The lowest BCUT2D eigenvalue weighted by Crippen LogP contribution is -2.37. The van der Waals surface area contributed by atoms with Crippen LogP contribution in [0.5, 0.6) is 0 Å². The molecule has 1 fully saturated rings. The summed E-state index contributed by atoms with van der Waals surface area (Å²) in [6.45, 7) is 1.79. The van der Waals surface area contributed by atoms with E-state index in [0.29, 0.717) is 12.8 Å². The van der Waals surface area contributed by atoms with Crippen molar-refractivity contribution in [1.82, 2.24) is 5.32 Å². The van der Waals surface area contributed by atoms with E-state index in [0.717, 1.165) is 0 Å². The number of alkyl halides is 3. The Kier molecular flexibility index (Phi) is 4.83. The molecule has 1 saturated heterocycles. The van der Waals surface area contributed by atoms with Crippen molar-refractivity contribution in [1.29, 1.82) is 0 Å². The zero-order valence-electron chi connectivity index (χ0n) is 9.76. The number of nitrogens with one attached hydrogen (secondary N) is 1. The highest BCUT2D eigenvalue weighted by atomic mass is 32.2. The summed E-state index contributed by atoms with van der Waals surface area (Å²) in [5.74, 6) is 0.288. The largest absolute Gasteiger partial charge is 0.389 e. The van der Waals surface area contributed by atoms with Gasteiger partial charge in [-0.05, 0) is 26.2 Å². The van der Waals surface area contributed by atoms with Gasteiger partial charge in [0.15, 0.2) is 9.84 Å². The standard InChI is InChI=1S/C10H18F3NO2S/c1-8(3-2-5-10(11,12)13)14-9-4-6-17(15,16)7-9/h8-9,14H,2-7H2,1H3. The van der Waals surface area contributed by atoms with E-state index in [4.69, 9.17) is 0 Å². The number of hydrogen-bond acceptors (Lipinski definition) is 3. The van der Waals surface area contributed by atoms with Crippen LogP contribution in [0.1, 0.15) is 32.6 Å². The molecule has 0 amide bonds. The summed E-state index contributed by atoms with van der Waals surface area (Å²) >= 11 is 0. The van der Waals surface area contributed by atoms with Crippen molar-refractivity contribution in [2.45, 2.75) is 50.9 Å². The summed E-state index contributed by atoms with van der Waals surface area (Å²) in [6.07, 6.45) is -3.82. The van der Waals surface area contributed by atoms with E-state index in [1.165, 1.54) is 0 Å². The van der Waals surface area contributed by atoms with Gasteiger partial charge in [0.05, 0.1) is 11.5 Å². The van der Waals surface area contributed by atoms with Crippen LogP contribution in [-0.2, 0) is 9.84 Å². The zero-order valence-corrected chi connectivity index (χ0v) is 10.6. The fourth-order valence-electron chi connectivity index (χ4n) is 2.02. The normalized spacial score (nSPS) is 26.0. The van der Waals surface area contributed by atoms with Gasteiger partial charge < -0.3 is 5.32 Å². The Morgan fingerprint density at radius 3 is 2.53 bits per heavy atom. The van der Waals surface area contributed by atoms with Crippen molar-refractivity contribution in [3.05, 3.63) is 0 Å². The van der Waals surface area contributed by atoms with Gasteiger partial charge in [-0.25, -0.2) is 8.42 Å². The molecule has 2 atom stereocenters. The average molecular weight is 273 g/mol. The van der Waals surface area contributed by atoms with E-state index in [2.05, 4.69) is 5.32 Å². The smallest absolute Gasteiger partial charge is 0.310 e. The minimum Gasteiger partial charge on any atom is -0.310 e. The SMILES string of the molecule is CC(CCCC(F)(F)F)NC1CCS(=O)(=O)C1. The maximum Gasteiger partial charge on any atom is 0.389 e. The highest BCUT2D eigenvalue weighted by Crippen LogP contribution is 2.23. The Hall–Kier alpha value is -0.300. The fourth-order valence-corrected chi connectivity index (χ4v) is 3.71. The Morgan fingerprint density at radius 1 is 1.41 bits per heavy atom. The molecule has 0 spiro atoms. The molecule has 0 aliphatic carbocycles. The zero-order chi connectivity index (χ0) is 13.1. The van der Waals surface area contributed by atoms with Crippen LogP contribution in [0.15, 0.2) is 0 Å². The molecule has 0 aromatic carbocycles. The van der Waals surface area contributed by atoms with Gasteiger partial charge in [0.2, 0.25) is 0 Å². The van der Waals surface area contributed by atoms with E-state index < -0.39 is 22.4 Å². The Bertz CT molecular complexity index is 340. The van der Waals surface area contributed by atoms with Gasteiger partial charge in [0.1, 0.15) is 0 Å². The Labute approximate surface area is 99.7 Å². The van der Waals surface area contributed by atoms with Crippen LogP contribution in [0.2, 0.25) is 0 Å². The van der Waals surface area contributed by atoms with E-state index >= 15 is 0 Å². The third kappa shape index (κ3) is 6.26. The molecule has 0 aromatic rings. The molecule has 1 heterocycles. The van der Waals surface area contributed by atoms with Gasteiger partial charge >= 0.3 is 6.18 Å². The first kappa shape index (κ1) is 14.8. The van der Waals surface area contributed by atoms with Crippen LogP contribution in [0, 0.1) is 0 Å². The van der Waals surface area contributed by atoms with Gasteiger partial charge in [-0.3, -0.25) is 0 Å². The van der Waals surface area contributed by atoms with Crippen molar-refractivity contribution in [3.63, 3.8) is 0 Å². The molecule has 2 unspecified atom stereocenters. The summed E-state index contributed by atoms with van der Waals surface area (Å²) in [7, 11) is -2.93. The third-order valence-electron chi connectivity index (χ3n) is 2.85. The van der Waals surface area contributed by atoms with Crippen LogP contribution in [0.25, 0.3) is 0 Å². The lowest BCUT2D eigenvalue weighted by Gasteiger charge is -2.18. The second kappa shape index (κ2) is 5.56. The minimum absolute atomic E-state index is 0.0735. The van der Waals surface area contributed by atoms with E-state index in [1.807, 2.05) is 0 Å². The molecule has 7 heteroatoms. The van der Waals surface area contributed by atoms with Crippen molar-refractivity contribution in [2.24, 2.45) is 0 Å². The van der Waals surface area contributed by atoms with Gasteiger partial charge in [-0.15, -0.1) is 0 Å². The molecule has 102 valence electrons. The first-order chi connectivity index (χ1) is 7.68. The van der Waals surface area contributed by atoms with Crippen LogP contribution in [0.3, 0.4) is 0 Å². The van der Waals surface area contributed by atoms with Crippen LogP contribution >= 0.6 is 0 Å². The molecule has 0 aromatic heterocycles. The highest BCUT2D eigenvalue weighted by Gasteiger charge is 2.29. The number of rotatable bonds is 5. The summed E-state index contributed by atoms with van der Waals surface area (Å²) < 4.78 is 58.1. The molecule has 17 heavy (non-hydrogen) atoms. The number of halogens is 3. The van der Waals surface area contributed by atoms with Crippen LogP contribution < -0.4 is 5.32 Å². The van der Waals surface area contributed by atoms with Crippen molar-refractivity contribution >= 4 is 9.84 Å². The maximum absolute atomic E-state index is 11.9. The molecule has 0 radical (unpaired) electrons. The number of hydrogen-bond donors (Lipinski definition) is 1. The third-order valence-corrected chi connectivity index (χ3v) is 4.62.